The van der Waals surface area contributed by atoms with Crippen molar-refractivity contribution in [3.05, 3.63) is 59.1 Å². The quantitative estimate of drug-likeness (QED) is 0.764. The Morgan fingerprint density at radius 1 is 1.23 bits per heavy atom. The number of hydrogen-bond acceptors (Lipinski definition) is 2. The van der Waals surface area contributed by atoms with Crippen LogP contribution in [-0.4, -0.2) is 11.2 Å². The second-order valence-corrected chi connectivity index (χ2v) is 6.29. The fourth-order valence-electron chi connectivity index (χ4n) is 1.80. The Kier molecular flexibility index (Phi) is 5.80. The standard InChI is InChI=1S/C16H14ClF2NOS/c1-2-15(22-12-6-3-10(17)4-7-12)16(21)20-14-8-5-11(18)9-13(14)19/h3-9,15H,2H2,1H3,(H,20,21)/t15-/m1/s1. The zero-order chi connectivity index (χ0) is 16.1. The van der Waals surface area contributed by atoms with Gasteiger partial charge in [0.05, 0.1) is 10.9 Å². The third kappa shape index (κ3) is 4.45. The molecule has 0 saturated heterocycles. The summed E-state index contributed by atoms with van der Waals surface area (Å²) >= 11 is 7.19. The second-order valence-electron chi connectivity index (χ2n) is 4.58. The van der Waals surface area contributed by atoms with Gasteiger partial charge in [-0.1, -0.05) is 18.5 Å². The Hall–Kier alpha value is -1.59. The average molecular weight is 342 g/mol. The lowest BCUT2D eigenvalue weighted by Crippen LogP contribution is -2.25. The molecule has 1 amide bonds. The number of halogens is 3. The topological polar surface area (TPSA) is 29.1 Å². The maximum absolute atomic E-state index is 13.6. The minimum Gasteiger partial charge on any atom is -0.323 e. The first-order chi connectivity index (χ1) is 10.5. The molecular weight excluding hydrogens is 328 g/mol. The molecule has 0 heterocycles. The van der Waals surface area contributed by atoms with E-state index >= 15 is 0 Å². The molecule has 0 bridgehead atoms. The predicted octanol–water partition coefficient (Wildman–Crippen LogP) is 5.13. The number of benzene rings is 2. The molecule has 2 rings (SSSR count). The van der Waals surface area contributed by atoms with Crippen LogP contribution in [0.15, 0.2) is 47.4 Å². The van der Waals surface area contributed by atoms with Crippen LogP contribution >= 0.6 is 23.4 Å². The van der Waals surface area contributed by atoms with Gasteiger partial charge >= 0.3 is 0 Å². The first-order valence-corrected chi connectivity index (χ1v) is 7.93. The Bertz CT molecular complexity index is 664. The van der Waals surface area contributed by atoms with Gasteiger partial charge in [-0.3, -0.25) is 4.79 Å². The van der Waals surface area contributed by atoms with Gasteiger partial charge in [-0.15, -0.1) is 11.8 Å². The molecule has 0 fully saturated rings. The van der Waals surface area contributed by atoms with Gasteiger partial charge < -0.3 is 5.32 Å². The SMILES string of the molecule is CC[C@@H](Sc1ccc(Cl)cc1)C(=O)Nc1ccc(F)cc1F. The minimum absolute atomic E-state index is 0.0263. The van der Waals surface area contributed by atoms with Gasteiger partial charge in [0.15, 0.2) is 0 Å². The predicted molar refractivity (Wildman–Crippen MR) is 86.4 cm³/mol. The summed E-state index contributed by atoms with van der Waals surface area (Å²) in [6.07, 6.45) is 0.571. The first kappa shape index (κ1) is 16.8. The van der Waals surface area contributed by atoms with Crippen molar-refractivity contribution in [2.75, 3.05) is 5.32 Å². The molecule has 0 spiro atoms. The van der Waals surface area contributed by atoms with Crippen LogP contribution in [0.5, 0.6) is 0 Å². The van der Waals surface area contributed by atoms with E-state index in [2.05, 4.69) is 5.32 Å². The van der Waals surface area contributed by atoms with Crippen molar-refractivity contribution in [1.82, 2.24) is 0 Å². The summed E-state index contributed by atoms with van der Waals surface area (Å²) in [5.41, 5.74) is -0.0263. The van der Waals surface area contributed by atoms with E-state index in [9.17, 15) is 13.6 Å². The van der Waals surface area contributed by atoms with Crippen LogP contribution < -0.4 is 5.32 Å². The monoisotopic (exact) mass is 341 g/mol. The lowest BCUT2D eigenvalue weighted by Gasteiger charge is -2.15. The second kappa shape index (κ2) is 7.61. The number of thioether (sulfide) groups is 1. The largest absolute Gasteiger partial charge is 0.323 e. The highest BCUT2D eigenvalue weighted by atomic mass is 35.5. The number of rotatable bonds is 5. The van der Waals surface area contributed by atoms with E-state index in [0.29, 0.717) is 11.4 Å². The molecule has 6 heteroatoms. The number of carbonyl (C=O) groups is 1. The molecule has 0 aliphatic heterocycles. The Balaban J connectivity index is 2.06. The highest BCUT2D eigenvalue weighted by Gasteiger charge is 2.19. The van der Waals surface area contributed by atoms with E-state index in [4.69, 9.17) is 11.6 Å². The average Bonchev–Trinajstić information content (AvgIpc) is 2.49. The van der Waals surface area contributed by atoms with Crippen LogP contribution in [0.4, 0.5) is 14.5 Å². The summed E-state index contributed by atoms with van der Waals surface area (Å²) in [5.74, 6) is -1.80. The van der Waals surface area contributed by atoms with Crippen LogP contribution in [-0.2, 0) is 4.79 Å². The summed E-state index contributed by atoms with van der Waals surface area (Å²) in [4.78, 5) is 13.1. The summed E-state index contributed by atoms with van der Waals surface area (Å²) in [6, 6.07) is 10.2. The molecular formula is C16H14ClF2NOS. The van der Waals surface area contributed by atoms with E-state index < -0.39 is 11.6 Å². The highest BCUT2D eigenvalue weighted by molar-refractivity contribution is 8.00. The molecule has 116 valence electrons. The fourth-order valence-corrected chi connectivity index (χ4v) is 2.88. The zero-order valence-electron chi connectivity index (χ0n) is 11.8. The Morgan fingerprint density at radius 3 is 2.50 bits per heavy atom. The van der Waals surface area contributed by atoms with E-state index in [1.54, 1.807) is 12.1 Å². The Morgan fingerprint density at radius 2 is 1.91 bits per heavy atom. The normalized spacial score (nSPS) is 12.0. The van der Waals surface area contributed by atoms with Crippen molar-refractivity contribution < 1.29 is 13.6 Å². The number of amides is 1. The molecule has 0 radical (unpaired) electrons. The summed E-state index contributed by atoms with van der Waals surface area (Å²) in [6.45, 7) is 1.87. The number of nitrogens with one attached hydrogen (secondary N) is 1. The van der Waals surface area contributed by atoms with Crippen LogP contribution in [0.3, 0.4) is 0 Å². The molecule has 0 saturated carbocycles. The molecule has 2 aromatic rings. The molecule has 1 N–H and O–H groups in total. The van der Waals surface area contributed by atoms with E-state index in [0.717, 1.165) is 17.0 Å². The molecule has 0 unspecified atom stereocenters. The van der Waals surface area contributed by atoms with Gasteiger partial charge in [0.1, 0.15) is 11.6 Å². The molecule has 22 heavy (non-hydrogen) atoms. The molecule has 0 aliphatic carbocycles. The van der Waals surface area contributed by atoms with Gasteiger partial charge in [0.25, 0.3) is 0 Å². The van der Waals surface area contributed by atoms with Crippen LogP contribution in [0.25, 0.3) is 0 Å². The van der Waals surface area contributed by atoms with Crippen molar-refractivity contribution in [2.24, 2.45) is 0 Å². The fraction of sp³-hybridized carbons (Fsp3) is 0.188. The summed E-state index contributed by atoms with van der Waals surface area (Å²) in [5, 5.41) is 2.73. The molecule has 2 aromatic carbocycles. The van der Waals surface area contributed by atoms with Crippen LogP contribution in [0.2, 0.25) is 5.02 Å². The highest BCUT2D eigenvalue weighted by Crippen LogP contribution is 2.28. The first-order valence-electron chi connectivity index (χ1n) is 6.67. The summed E-state index contributed by atoms with van der Waals surface area (Å²) in [7, 11) is 0. The third-order valence-corrected chi connectivity index (χ3v) is 4.57. The number of carbonyl (C=O) groups excluding carboxylic acids is 1. The lowest BCUT2D eigenvalue weighted by atomic mass is 10.2. The smallest absolute Gasteiger partial charge is 0.237 e. The minimum atomic E-state index is -0.792. The number of anilines is 1. The van der Waals surface area contributed by atoms with Crippen molar-refractivity contribution >= 4 is 35.0 Å². The zero-order valence-corrected chi connectivity index (χ0v) is 13.3. The lowest BCUT2D eigenvalue weighted by molar-refractivity contribution is -0.115. The maximum atomic E-state index is 13.6. The number of hydrogen-bond donors (Lipinski definition) is 1. The van der Waals surface area contributed by atoms with Gasteiger partial charge in [-0.25, -0.2) is 8.78 Å². The molecule has 1 atom stereocenters. The van der Waals surface area contributed by atoms with Crippen molar-refractivity contribution in [2.45, 2.75) is 23.5 Å². The van der Waals surface area contributed by atoms with Gasteiger partial charge in [0.2, 0.25) is 5.91 Å². The van der Waals surface area contributed by atoms with E-state index in [-0.39, 0.29) is 16.8 Å². The van der Waals surface area contributed by atoms with Gasteiger partial charge in [0, 0.05) is 16.0 Å². The Labute approximate surface area is 136 Å². The van der Waals surface area contributed by atoms with Crippen molar-refractivity contribution in [3.63, 3.8) is 0 Å². The molecule has 0 aliphatic rings. The molecule has 2 nitrogen and oxygen atoms in total. The van der Waals surface area contributed by atoms with Crippen LogP contribution in [0.1, 0.15) is 13.3 Å². The van der Waals surface area contributed by atoms with Crippen molar-refractivity contribution in [3.8, 4) is 0 Å². The van der Waals surface area contributed by atoms with Gasteiger partial charge in [-0.2, -0.15) is 0 Å². The van der Waals surface area contributed by atoms with E-state index in [1.165, 1.54) is 17.8 Å². The molecule has 0 aromatic heterocycles. The van der Waals surface area contributed by atoms with Crippen LogP contribution in [0, 0.1) is 11.6 Å². The van der Waals surface area contributed by atoms with Crippen molar-refractivity contribution in [1.29, 1.82) is 0 Å². The van der Waals surface area contributed by atoms with Gasteiger partial charge in [-0.05, 0) is 42.8 Å². The maximum Gasteiger partial charge on any atom is 0.237 e. The summed E-state index contributed by atoms with van der Waals surface area (Å²) < 4.78 is 26.4. The van der Waals surface area contributed by atoms with E-state index in [1.807, 2.05) is 19.1 Å². The third-order valence-electron chi connectivity index (χ3n) is 2.94.